The molecule has 0 radical (unpaired) electrons. The first kappa shape index (κ1) is 16.5. The predicted molar refractivity (Wildman–Crippen MR) is 87.3 cm³/mol. The lowest BCUT2D eigenvalue weighted by molar-refractivity contribution is 0.516. The maximum absolute atomic E-state index is 4.40. The van der Waals surface area contributed by atoms with Crippen molar-refractivity contribution in [3.05, 3.63) is 18.2 Å². The third-order valence-electron chi connectivity index (χ3n) is 4.03. The van der Waals surface area contributed by atoms with Crippen molar-refractivity contribution in [1.29, 1.82) is 0 Å². The Morgan fingerprint density at radius 1 is 1.11 bits per heavy atom. The van der Waals surface area contributed by atoms with Crippen molar-refractivity contribution >= 4 is 8.07 Å². The minimum Gasteiger partial charge on any atom is -0.335 e. The maximum atomic E-state index is 4.40. The van der Waals surface area contributed by atoms with E-state index < -0.39 is 8.07 Å². The van der Waals surface area contributed by atoms with Gasteiger partial charge in [0.2, 0.25) is 0 Å². The molecule has 2 nitrogen and oxygen atoms in total. The van der Waals surface area contributed by atoms with Gasteiger partial charge in [0, 0.05) is 18.1 Å². The molecule has 110 valence electrons. The fraction of sp³-hybridized carbons (Fsp3) is 0.812. The summed E-state index contributed by atoms with van der Waals surface area (Å²) in [6, 6.07) is 0. The summed E-state index contributed by atoms with van der Waals surface area (Å²) in [5.74, 6) is 1.18. The van der Waals surface area contributed by atoms with Crippen molar-refractivity contribution in [1.82, 2.24) is 9.55 Å². The van der Waals surface area contributed by atoms with E-state index in [0.29, 0.717) is 5.67 Å². The molecular weight excluding hydrogens is 248 g/mol. The Hall–Kier alpha value is -0.573. The Morgan fingerprint density at radius 3 is 2.26 bits per heavy atom. The van der Waals surface area contributed by atoms with Gasteiger partial charge in [-0.25, -0.2) is 4.98 Å². The summed E-state index contributed by atoms with van der Waals surface area (Å²) in [7, 11) is -1.18. The number of imidazole rings is 1. The van der Waals surface area contributed by atoms with Gasteiger partial charge >= 0.3 is 0 Å². The largest absolute Gasteiger partial charge is 0.335 e. The molecule has 1 rings (SSSR count). The van der Waals surface area contributed by atoms with E-state index in [1.807, 2.05) is 6.20 Å². The zero-order chi connectivity index (χ0) is 14.3. The van der Waals surface area contributed by atoms with Crippen molar-refractivity contribution in [2.45, 2.75) is 84.1 Å². The molecule has 0 N–H and O–H groups in total. The van der Waals surface area contributed by atoms with E-state index in [1.165, 1.54) is 50.8 Å². The molecule has 0 amide bonds. The number of hydrogen-bond acceptors (Lipinski definition) is 1. The Labute approximate surface area is 120 Å². The fourth-order valence-corrected chi connectivity index (χ4v) is 5.00. The molecule has 1 atom stereocenters. The lowest BCUT2D eigenvalue weighted by Gasteiger charge is -2.31. The molecule has 1 heterocycles. The monoisotopic (exact) mass is 280 g/mol. The third kappa shape index (κ3) is 5.51. The van der Waals surface area contributed by atoms with Crippen LogP contribution in [-0.2, 0) is 0 Å². The van der Waals surface area contributed by atoms with Gasteiger partial charge in [-0.2, -0.15) is 0 Å². The average Bonchev–Trinajstić information content (AvgIpc) is 2.73. The summed E-state index contributed by atoms with van der Waals surface area (Å²) < 4.78 is 2.43. The molecule has 0 bridgehead atoms. The van der Waals surface area contributed by atoms with Crippen LogP contribution in [0.5, 0.6) is 0 Å². The molecule has 0 aliphatic rings. The second kappa shape index (κ2) is 7.88. The molecule has 1 unspecified atom stereocenters. The van der Waals surface area contributed by atoms with E-state index in [2.05, 4.69) is 49.2 Å². The van der Waals surface area contributed by atoms with Gasteiger partial charge in [-0.15, -0.1) is 0 Å². The van der Waals surface area contributed by atoms with Gasteiger partial charge in [0.15, 0.2) is 0 Å². The van der Waals surface area contributed by atoms with Gasteiger partial charge in [0.05, 0.1) is 8.07 Å². The van der Waals surface area contributed by atoms with E-state index in [4.69, 9.17) is 0 Å². The van der Waals surface area contributed by atoms with Crippen LogP contribution in [0.15, 0.2) is 12.4 Å². The summed E-state index contributed by atoms with van der Waals surface area (Å²) in [5, 5.41) is 0. The van der Waals surface area contributed by atoms with Crippen LogP contribution in [-0.4, -0.2) is 17.6 Å². The molecule has 1 aromatic heterocycles. The number of rotatable bonds is 9. The van der Waals surface area contributed by atoms with Crippen molar-refractivity contribution in [3.63, 3.8) is 0 Å². The van der Waals surface area contributed by atoms with Crippen LogP contribution in [0, 0.1) is 6.92 Å². The van der Waals surface area contributed by atoms with E-state index >= 15 is 0 Å². The van der Waals surface area contributed by atoms with Gasteiger partial charge in [-0.3, -0.25) is 0 Å². The normalized spacial score (nSPS) is 13.7. The van der Waals surface area contributed by atoms with Crippen LogP contribution in [0.1, 0.15) is 63.4 Å². The molecule has 0 aliphatic heterocycles. The Balaban J connectivity index is 2.47. The quantitative estimate of drug-likeness (QED) is 0.440. The summed E-state index contributed by atoms with van der Waals surface area (Å²) in [6.07, 6.45) is 13.8. The van der Waals surface area contributed by atoms with Gasteiger partial charge in [-0.05, 0) is 13.3 Å². The zero-order valence-electron chi connectivity index (χ0n) is 13.6. The summed E-state index contributed by atoms with van der Waals surface area (Å²) in [5.41, 5.74) is 0.709. The molecule has 0 saturated heterocycles. The van der Waals surface area contributed by atoms with Crippen LogP contribution < -0.4 is 0 Å². The first-order chi connectivity index (χ1) is 8.96. The number of aromatic nitrogens is 2. The first-order valence-corrected chi connectivity index (χ1v) is 11.5. The van der Waals surface area contributed by atoms with Crippen LogP contribution in [0.3, 0.4) is 0 Å². The van der Waals surface area contributed by atoms with Gasteiger partial charge < -0.3 is 4.57 Å². The highest BCUT2D eigenvalue weighted by Gasteiger charge is 2.28. The minimum atomic E-state index is -1.18. The van der Waals surface area contributed by atoms with Crippen LogP contribution in [0.25, 0.3) is 0 Å². The third-order valence-corrected chi connectivity index (χ3v) is 6.60. The van der Waals surface area contributed by atoms with E-state index in [9.17, 15) is 0 Å². The van der Waals surface area contributed by atoms with E-state index in [-0.39, 0.29) is 0 Å². The average molecular weight is 281 g/mol. The molecular formula is C16H32N2Si. The summed E-state index contributed by atoms with van der Waals surface area (Å²) in [6.45, 7) is 11.9. The molecule has 0 aromatic carbocycles. The maximum Gasteiger partial charge on any atom is 0.105 e. The molecule has 3 heteroatoms. The summed E-state index contributed by atoms with van der Waals surface area (Å²) in [4.78, 5) is 4.40. The smallest absolute Gasteiger partial charge is 0.105 e. The topological polar surface area (TPSA) is 17.8 Å². The lowest BCUT2D eigenvalue weighted by Crippen LogP contribution is -2.35. The molecule has 0 spiro atoms. The molecule has 1 aromatic rings. The number of unbranched alkanes of at least 4 members (excludes halogenated alkanes) is 5. The van der Waals surface area contributed by atoms with Crippen LogP contribution in [0.2, 0.25) is 19.6 Å². The van der Waals surface area contributed by atoms with Crippen molar-refractivity contribution in [3.8, 4) is 0 Å². The second-order valence-corrected chi connectivity index (χ2v) is 12.2. The Morgan fingerprint density at radius 2 is 1.74 bits per heavy atom. The van der Waals surface area contributed by atoms with Crippen LogP contribution in [0.4, 0.5) is 0 Å². The molecule has 19 heavy (non-hydrogen) atoms. The van der Waals surface area contributed by atoms with Crippen molar-refractivity contribution in [2.75, 3.05) is 0 Å². The van der Waals surface area contributed by atoms with Crippen molar-refractivity contribution in [2.24, 2.45) is 0 Å². The highest BCUT2D eigenvalue weighted by atomic mass is 28.3. The number of aryl methyl sites for hydroxylation is 1. The number of hydrogen-bond donors (Lipinski definition) is 0. The Bertz CT molecular complexity index is 352. The van der Waals surface area contributed by atoms with Gasteiger partial charge in [-0.1, -0.05) is 65.1 Å². The predicted octanol–water partition coefficient (Wildman–Crippen LogP) is 5.36. The second-order valence-electron chi connectivity index (χ2n) is 6.82. The molecule has 0 fully saturated rings. The highest BCUT2D eigenvalue weighted by Crippen LogP contribution is 2.28. The standard InChI is InChI=1S/C16H32N2Si/c1-6-7-8-9-10-11-12-16(19(3,4)5)18-14-13-17-15(18)2/h13-14,16H,6-12H2,1-5H3. The zero-order valence-corrected chi connectivity index (χ0v) is 14.6. The SMILES string of the molecule is CCCCCCCCC(n1ccnc1C)[Si](C)(C)C. The molecule has 0 saturated carbocycles. The fourth-order valence-electron chi connectivity index (χ4n) is 2.82. The summed E-state index contributed by atoms with van der Waals surface area (Å²) >= 11 is 0. The highest BCUT2D eigenvalue weighted by molar-refractivity contribution is 6.76. The molecule has 0 aliphatic carbocycles. The minimum absolute atomic E-state index is 0.709. The Kier molecular flexibility index (Phi) is 6.84. The first-order valence-electron chi connectivity index (χ1n) is 7.96. The van der Waals surface area contributed by atoms with Crippen molar-refractivity contribution < 1.29 is 0 Å². The van der Waals surface area contributed by atoms with E-state index in [1.54, 1.807) is 0 Å². The van der Waals surface area contributed by atoms with Gasteiger partial charge in [0.25, 0.3) is 0 Å². The number of nitrogens with zero attached hydrogens (tertiary/aromatic N) is 2. The van der Waals surface area contributed by atoms with Gasteiger partial charge in [0.1, 0.15) is 5.82 Å². The van der Waals surface area contributed by atoms with Crippen LogP contribution >= 0.6 is 0 Å². The van der Waals surface area contributed by atoms with E-state index in [0.717, 1.165) is 0 Å². The lowest BCUT2D eigenvalue weighted by atomic mass is 10.1.